The van der Waals surface area contributed by atoms with E-state index in [-0.39, 0.29) is 24.1 Å². The second kappa shape index (κ2) is 8.80. The summed E-state index contributed by atoms with van der Waals surface area (Å²) in [7, 11) is 3.62. The molecule has 1 spiro atoms. The van der Waals surface area contributed by atoms with E-state index >= 15 is 0 Å². The number of amides is 3. The van der Waals surface area contributed by atoms with E-state index in [1.807, 2.05) is 25.1 Å². The molecule has 1 atom stereocenters. The molecule has 0 radical (unpaired) electrons. The molecule has 7 heteroatoms. The molecule has 2 fully saturated rings. The zero-order valence-corrected chi connectivity index (χ0v) is 18.5. The van der Waals surface area contributed by atoms with E-state index in [0.717, 1.165) is 64.2 Å². The highest BCUT2D eigenvalue weighted by atomic mass is 16.6. The fourth-order valence-corrected chi connectivity index (χ4v) is 5.34. The summed E-state index contributed by atoms with van der Waals surface area (Å²) in [4.78, 5) is 32.7. The zero-order valence-electron chi connectivity index (χ0n) is 18.5. The second-order valence-corrected chi connectivity index (χ2v) is 9.22. The maximum Gasteiger partial charge on any atom is 0.410 e. The van der Waals surface area contributed by atoms with Gasteiger partial charge in [-0.1, -0.05) is 24.1 Å². The number of urea groups is 1. The summed E-state index contributed by atoms with van der Waals surface area (Å²) in [5.41, 5.74) is 2.42. The predicted octanol–water partition coefficient (Wildman–Crippen LogP) is 2.61. The summed E-state index contributed by atoms with van der Waals surface area (Å²) in [6, 6.07) is 8.43. The first kappa shape index (κ1) is 21.5. The molecule has 1 aromatic carbocycles. The lowest BCUT2D eigenvalue weighted by Crippen LogP contribution is -2.48. The zero-order chi connectivity index (χ0) is 22.0. The Balaban J connectivity index is 1.35. The van der Waals surface area contributed by atoms with Gasteiger partial charge in [0.2, 0.25) is 0 Å². The number of benzene rings is 1. The van der Waals surface area contributed by atoms with E-state index in [1.165, 1.54) is 5.56 Å². The minimum Gasteiger partial charge on any atom is -0.436 e. The SMILES string of the molecule is C#CCOC(=O)N1CC[C@@H](CN2CCC3(CC2)CN(C(=O)N(C)C)c2ccccc23)C1. The predicted molar refractivity (Wildman–Crippen MR) is 120 cm³/mol. The largest absolute Gasteiger partial charge is 0.436 e. The molecule has 0 unspecified atom stereocenters. The first-order chi connectivity index (χ1) is 14.9. The average molecular weight is 425 g/mol. The Bertz CT molecular complexity index is 870. The fourth-order valence-electron chi connectivity index (χ4n) is 5.34. The number of ether oxygens (including phenoxy) is 1. The van der Waals surface area contributed by atoms with Crippen molar-refractivity contribution in [2.24, 2.45) is 5.92 Å². The topological polar surface area (TPSA) is 56.3 Å². The Labute approximate surface area is 184 Å². The lowest BCUT2D eigenvalue weighted by Gasteiger charge is -2.40. The molecule has 7 nitrogen and oxygen atoms in total. The Hall–Kier alpha value is -2.72. The lowest BCUT2D eigenvalue weighted by molar-refractivity contribution is 0.117. The van der Waals surface area contributed by atoms with Crippen molar-refractivity contribution in [3.05, 3.63) is 29.8 Å². The number of hydrogen-bond acceptors (Lipinski definition) is 4. The van der Waals surface area contributed by atoms with Crippen LogP contribution >= 0.6 is 0 Å². The number of carbonyl (C=O) groups excluding carboxylic acids is 2. The molecule has 3 aliphatic heterocycles. The Morgan fingerprint density at radius 1 is 1.23 bits per heavy atom. The van der Waals surface area contributed by atoms with Crippen LogP contribution in [0.3, 0.4) is 0 Å². The van der Waals surface area contributed by atoms with Gasteiger partial charge in [-0.25, -0.2) is 9.59 Å². The van der Waals surface area contributed by atoms with Gasteiger partial charge in [0.25, 0.3) is 0 Å². The normalized spacial score (nSPS) is 22.3. The monoisotopic (exact) mass is 424 g/mol. The third-order valence-corrected chi connectivity index (χ3v) is 6.99. The van der Waals surface area contributed by atoms with Crippen molar-refractivity contribution < 1.29 is 14.3 Å². The van der Waals surface area contributed by atoms with Crippen LogP contribution < -0.4 is 4.90 Å². The molecular weight excluding hydrogens is 392 g/mol. The maximum atomic E-state index is 12.8. The molecule has 4 rings (SSSR count). The van der Waals surface area contributed by atoms with Gasteiger partial charge < -0.3 is 19.4 Å². The van der Waals surface area contributed by atoms with Gasteiger partial charge in [-0.05, 0) is 49.9 Å². The van der Waals surface area contributed by atoms with Crippen LogP contribution in [0, 0.1) is 18.3 Å². The van der Waals surface area contributed by atoms with Crippen molar-refractivity contribution in [1.82, 2.24) is 14.7 Å². The minimum atomic E-state index is -0.300. The van der Waals surface area contributed by atoms with Crippen LogP contribution in [0.1, 0.15) is 24.8 Å². The van der Waals surface area contributed by atoms with E-state index in [9.17, 15) is 9.59 Å². The Kier molecular flexibility index (Phi) is 6.10. The van der Waals surface area contributed by atoms with Gasteiger partial charge in [0.05, 0.1) is 0 Å². The second-order valence-electron chi connectivity index (χ2n) is 9.22. The molecule has 3 amide bonds. The molecule has 3 aliphatic rings. The molecular formula is C24H32N4O3. The van der Waals surface area contributed by atoms with E-state index in [0.29, 0.717) is 5.92 Å². The smallest absolute Gasteiger partial charge is 0.410 e. The Morgan fingerprint density at radius 2 is 1.97 bits per heavy atom. The molecule has 166 valence electrons. The summed E-state index contributed by atoms with van der Waals surface area (Å²) >= 11 is 0. The number of anilines is 1. The van der Waals surface area contributed by atoms with Crippen LogP contribution in [0.15, 0.2) is 24.3 Å². The molecule has 0 aliphatic carbocycles. The summed E-state index contributed by atoms with van der Waals surface area (Å²) in [5.74, 6) is 2.81. The summed E-state index contributed by atoms with van der Waals surface area (Å²) in [6.45, 7) is 5.28. The number of terminal acetylenes is 1. The molecule has 0 N–H and O–H groups in total. The van der Waals surface area contributed by atoms with Gasteiger partial charge in [-0.15, -0.1) is 6.42 Å². The van der Waals surface area contributed by atoms with Crippen LogP contribution in [0.2, 0.25) is 0 Å². The number of para-hydroxylation sites is 1. The van der Waals surface area contributed by atoms with Crippen molar-refractivity contribution in [2.45, 2.75) is 24.7 Å². The van der Waals surface area contributed by atoms with Crippen LogP contribution in [0.5, 0.6) is 0 Å². The molecule has 0 saturated carbocycles. The van der Waals surface area contributed by atoms with E-state index < -0.39 is 0 Å². The summed E-state index contributed by atoms with van der Waals surface area (Å²) < 4.78 is 5.06. The summed E-state index contributed by atoms with van der Waals surface area (Å²) in [6.07, 6.45) is 7.96. The van der Waals surface area contributed by atoms with Crippen LogP contribution in [-0.4, -0.2) is 86.8 Å². The van der Waals surface area contributed by atoms with E-state index in [4.69, 9.17) is 11.2 Å². The highest BCUT2D eigenvalue weighted by Crippen LogP contribution is 2.47. The third-order valence-electron chi connectivity index (χ3n) is 6.99. The fraction of sp³-hybridized carbons (Fsp3) is 0.583. The molecule has 3 heterocycles. The number of rotatable bonds is 3. The number of piperidine rings is 1. The standard InChI is InChI=1S/C24H32N4O3/c1-4-15-31-23(30)27-12-9-19(17-27)16-26-13-10-24(11-14-26)18-28(22(29)25(2)3)21-8-6-5-7-20(21)24/h1,5-8,19H,9-18H2,2-3H3/t19-/m0/s1. The number of likely N-dealkylation sites (tertiary alicyclic amines) is 2. The van der Waals surface area contributed by atoms with Crippen LogP contribution in [0.4, 0.5) is 15.3 Å². The van der Waals surface area contributed by atoms with Gasteiger partial charge in [-0.2, -0.15) is 0 Å². The summed E-state index contributed by atoms with van der Waals surface area (Å²) in [5, 5.41) is 0. The highest BCUT2D eigenvalue weighted by Gasteiger charge is 2.46. The third kappa shape index (κ3) is 4.22. The van der Waals surface area contributed by atoms with Gasteiger partial charge >= 0.3 is 12.1 Å². The van der Waals surface area contributed by atoms with Gasteiger partial charge in [0.15, 0.2) is 6.61 Å². The van der Waals surface area contributed by atoms with Crippen molar-refractivity contribution in [3.8, 4) is 12.3 Å². The molecule has 0 aromatic heterocycles. The van der Waals surface area contributed by atoms with Crippen molar-refractivity contribution in [3.63, 3.8) is 0 Å². The maximum absolute atomic E-state index is 12.8. The van der Waals surface area contributed by atoms with Crippen molar-refractivity contribution >= 4 is 17.8 Å². The van der Waals surface area contributed by atoms with Crippen LogP contribution in [-0.2, 0) is 10.2 Å². The highest BCUT2D eigenvalue weighted by molar-refractivity contribution is 5.95. The lowest BCUT2D eigenvalue weighted by atomic mass is 9.74. The quantitative estimate of drug-likeness (QED) is 0.700. The number of fused-ring (bicyclic) bond motifs is 2. The molecule has 0 bridgehead atoms. The van der Waals surface area contributed by atoms with Crippen molar-refractivity contribution in [2.75, 3.05) is 64.9 Å². The van der Waals surface area contributed by atoms with E-state index in [1.54, 1.807) is 9.80 Å². The number of carbonyl (C=O) groups is 2. The molecule has 1 aromatic rings. The molecule has 2 saturated heterocycles. The van der Waals surface area contributed by atoms with Gasteiger partial charge in [0, 0.05) is 51.4 Å². The van der Waals surface area contributed by atoms with Gasteiger partial charge in [0.1, 0.15) is 0 Å². The minimum absolute atomic E-state index is 0.0308. The number of hydrogen-bond donors (Lipinski definition) is 0. The van der Waals surface area contributed by atoms with Crippen LogP contribution in [0.25, 0.3) is 0 Å². The van der Waals surface area contributed by atoms with E-state index in [2.05, 4.69) is 29.0 Å². The Morgan fingerprint density at radius 3 is 2.68 bits per heavy atom. The molecule has 31 heavy (non-hydrogen) atoms. The first-order valence-corrected chi connectivity index (χ1v) is 11.1. The van der Waals surface area contributed by atoms with Gasteiger partial charge in [-0.3, -0.25) is 4.90 Å². The first-order valence-electron chi connectivity index (χ1n) is 11.1. The van der Waals surface area contributed by atoms with Crippen molar-refractivity contribution in [1.29, 1.82) is 0 Å². The average Bonchev–Trinajstić information content (AvgIpc) is 3.37. The number of nitrogens with zero attached hydrogens (tertiary/aromatic N) is 4.